The predicted molar refractivity (Wildman–Crippen MR) is 118 cm³/mol. The maximum Gasteiger partial charge on any atom is 0.104 e. The Bertz CT molecular complexity index is 1720. The van der Waals surface area contributed by atoms with Gasteiger partial charge in [-0.25, -0.2) is 9.97 Å². The van der Waals surface area contributed by atoms with Gasteiger partial charge in [0.1, 0.15) is 35.5 Å². The summed E-state index contributed by atoms with van der Waals surface area (Å²) in [5.74, 6) is 0. The molecule has 5 heterocycles. The Kier molecular flexibility index (Phi) is 4.13. The summed E-state index contributed by atoms with van der Waals surface area (Å²) in [7, 11) is 0. The predicted octanol–water partition coefficient (Wildman–Crippen LogP) is 4.16. The van der Waals surface area contributed by atoms with Crippen LogP contribution < -0.4 is 0 Å². The molecule has 2 N–H and O–H groups in total. The van der Waals surface area contributed by atoms with Crippen molar-refractivity contribution in [2.24, 2.45) is 0 Å². The normalized spacial score (nSPS) is 11.7. The Morgan fingerprint density at radius 1 is 0.656 bits per heavy atom. The summed E-state index contributed by atoms with van der Waals surface area (Å²) in [4.78, 5) is 15.3. The number of nitrogens with zero attached hydrogens (tertiary/aromatic N) is 6. The van der Waals surface area contributed by atoms with E-state index in [2.05, 4.69) is 32.1 Å². The molecule has 146 valence electrons. The van der Waals surface area contributed by atoms with Crippen LogP contribution in [0.25, 0.3) is 45.9 Å². The van der Waals surface area contributed by atoms with Crippen LogP contribution in [0, 0.1) is 45.3 Å². The minimum atomic E-state index is 0.0117. The van der Waals surface area contributed by atoms with Gasteiger partial charge in [0.2, 0.25) is 0 Å². The largest absolute Gasteiger partial charge is 0.355 e. The first-order valence-electron chi connectivity index (χ1n) is 9.42. The fourth-order valence-electron chi connectivity index (χ4n) is 3.68. The summed E-state index contributed by atoms with van der Waals surface area (Å²) in [5.41, 5.74) is 4.34. The second-order valence-electron chi connectivity index (χ2n) is 7.03. The molecule has 0 radical (unpaired) electrons. The van der Waals surface area contributed by atoms with Crippen LogP contribution >= 0.6 is 0 Å². The fourth-order valence-corrected chi connectivity index (χ4v) is 3.68. The van der Waals surface area contributed by atoms with Crippen LogP contribution in [0.3, 0.4) is 0 Å². The number of hydrogen-bond donors (Lipinski definition) is 2. The van der Waals surface area contributed by atoms with Gasteiger partial charge in [-0.1, -0.05) is 0 Å². The molecular formula is C24H10N8. The van der Waals surface area contributed by atoms with Crippen LogP contribution in [-0.2, 0) is 0 Å². The molecular weight excluding hydrogens is 400 g/mol. The lowest BCUT2D eigenvalue weighted by molar-refractivity contribution is 1.29. The molecule has 0 aliphatic carbocycles. The highest BCUT2D eigenvalue weighted by Crippen LogP contribution is 2.29. The molecule has 32 heavy (non-hydrogen) atoms. The smallest absolute Gasteiger partial charge is 0.104 e. The van der Waals surface area contributed by atoms with Crippen LogP contribution in [0.15, 0.2) is 30.3 Å². The average Bonchev–Trinajstić information content (AvgIpc) is 3.56. The van der Waals surface area contributed by atoms with E-state index in [-0.39, 0.29) is 33.5 Å². The number of H-pyrrole nitrogens is 2. The number of nitriles is 4. The molecule has 8 bridgehead atoms. The van der Waals surface area contributed by atoms with Crippen LogP contribution in [-0.4, -0.2) is 19.9 Å². The van der Waals surface area contributed by atoms with E-state index in [1.54, 1.807) is 24.3 Å². The Morgan fingerprint density at radius 3 is 1.97 bits per heavy atom. The zero-order valence-corrected chi connectivity index (χ0v) is 16.3. The highest BCUT2D eigenvalue weighted by Gasteiger charge is 2.20. The van der Waals surface area contributed by atoms with Crippen LogP contribution in [0.5, 0.6) is 0 Å². The van der Waals surface area contributed by atoms with E-state index in [1.807, 2.05) is 36.4 Å². The number of fused-ring (bicyclic) bond motifs is 8. The van der Waals surface area contributed by atoms with Crippen molar-refractivity contribution in [3.8, 4) is 24.3 Å². The maximum atomic E-state index is 9.92. The van der Waals surface area contributed by atoms with Crippen molar-refractivity contribution < 1.29 is 0 Å². The van der Waals surface area contributed by atoms with Crippen LogP contribution in [0.4, 0.5) is 0 Å². The lowest BCUT2D eigenvalue weighted by Crippen LogP contribution is -1.89. The lowest BCUT2D eigenvalue weighted by Gasteiger charge is -1.94. The Morgan fingerprint density at radius 2 is 1.31 bits per heavy atom. The van der Waals surface area contributed by atoms with Gasteiger partial charge in [-0.3, -0.25) is 0 Å². The first-order valence-corrected chi connectivity index (χ1v) is 9.42. The van der Waals surface area contributed by atoms with E-state index < -0.39 is 0 Å². The number of aromatic nitrogens is 4. The summed E-state index contributed by atoms with van der Waals surface area (Å²) in [6.45, 7) is 0. The molecule has 8 heteroatoms. The van der Waals surface area contributed by atoms with Gasteiger partial charge >= 0.3 is 0 Å². The molecule has 8 nitrogen and oxygen atoms in total. The lowest BCUT2D eigenvalue weighted by atomic mass is 10.1. The molecule has 0 aromatic carbocycles. The van der Waals surface area contributed by atoms with Crippen molar-refractivity contribution >= 4 is 45.9 Å². The molecule has 2 aliphatic rings. The molecule has 3 aromatic rings. The summed E-state index contributed by atoms with van der Waals surface area (Å²) < 4.78 is 0. The van der Waals surface area contributed by atoms with Gasteiger partial charge in [0.15, 0.2) is 0 Å². The van der Waals surface area contributed by atoms with Gasteiger partial charge in [-0.2, -0.15) is 21.0 Å². The Hall–Kier alpha value is -5.44. The minimum absolute atomic E-state index is 0.0117. The summed E-state index contributed by atoms with van der Waals surface area (Å²) >= 11 is 0. The average molecular weight is 410 g/mol. The van der Waals surface area contributed by atoms with E-state index in [4.69, 9.17) is 0 Å². The first kappa shape index (κ1) is 18.6. The first-order chi connectivity index (χ1) is 15.6. The van der Waals surface area contributed by atoms with E-state index in [1.165, 1.54) is 0 Å². The highest BCUT2D eigenvalue weighted by molar-refractivity contribution is 5.96. The third-order valence-electron chi connectivity index (χ3n) is 5.07. The van der Waals surface area contributed by atoms with E-state index in [9.17, 15) is 21.0 Å². The Balaban J connectivity index is 2.03. The molecule has 0 spiro atoms. The SMILES string of the molecule is N#CC1=Cc2cc3ccc(cc4nc(cc5[nH]c(c(C#N)c1n2)c(C#N)c5C#N)C=C4)[nH]3. The highest BCUT2D eigenvalue weighted by atomic mass is 14.8. The van der Waals surface area contributed by atoms with Gasteiger partial charge < -0.3 is 9.97 Å². The van der Waals surface area contributed by atoms with Crippen molar-refractivity contribution in [2.45, 2.75) is 0 Å². The molecule has 0 saturated heterocycles. The summed E-state index contributed by atoms with van der Waals surface area (Å²) in [6, 6.07) is 17.2. The van der Waals surface area contributed by atoms with Gasteiger partial charge in [-0.05, 0) is 48.6 Å². The molecule has 3 aromatic heterocycles. The van der Waals surface area contributed by atoms with Crippen molar-refractivity contribution in [1.82, 2.24) is 19.9 Å². The standard InChI is InChI=1S/C24H10N8/c25-9-13-5-18-7-16-2-1-14(29-16)6-15-3-4-17(30-15)8-22-19(10-26)20(11-27)24(32-22)21(12-28)23(13)31-18/h1-8,29,32H. The van der Waals surface area contributed by atoms with Gasteiger partial charge in [0.25, 0.3) is 0 Å². The van der Waals surface area contributed by atoms with Crippen molar-refractivity contribution in [3.63, 3.8) is 0 Å². The molecule has 0 saturated carbocycles. The fraction of sp³-hybridized carbons (Fsp3) is 0. The molecule has 0 fully saturated rings. The second kappa shape index (κ2) is 7.11. The molecule has 0 amide bonds. The molecule has 5 rings (SSSR count). The third kappa shape index (κ3) is 2.90. The summed E-state index contributed by atoms with van der Waals surface area (Å²) in [5, 5.41) is 39.0. The minimum Gasteiger partial charge on any atom is -0.355 e. The maximum absolute atomic E-state index is 9.92. The van der Waals surface area contributed by atoms with Crippen molar-refractivity contribution in [1.29, 1.82) is 21.0 Å². The zero-order valence-electron chi connectivity index (χ0n) is 16.3. The van der Waals surface area contributed by atoms with Crippen molar-refractivity contribution in [2.75, 3.05) is 0 Å². The van der Waals surface area contributed by atoms with E-state index >= 15 is 0 Å². The summed E-state index contributed by atoms with van der Waals surface area (Å²) in [6.07, 6.45) is 5.21. The van der Waals surface area contributed by atoms with Gasteiger partial charge in [0.05, 0.1) is 44.8 Å². The van der Waals surface area contributed by atoms with Crippen LogP contribution in [0.1, 0.15) is 39.5 Å². The quantitative estimate of drug-likeness (QED) is 0.444. The number of rotatable bonds is 0. The van der Waals surface area contributed by atoms with E-state index in [0.717, 1.165) is 11.0 Å². The number of aromatic amines is 2. The number of hydrogen-bond acceptors (Lipinski definition) is 6. The van der Waals surface area contributed by atoms with E-state index in [0.29, 0.717) is 22.6 Å². The Labute approximate surface area is 181 Å². The topological polar surface area (TPSA) is 153 Å². The molecule has 0 atom stereocenters. The second-order valence-corrected chi connectivity index (χ2v) is 7.03. The van der Waals surface area contributed by atoms with Gasteiger partial charge in [0, 0.05) is 11.0 Å². The van der Waals surface area contributed by atoms with Crippen molar-refractivity contribution in [3.05, 3.63) is 69.8 Å². The zero-order chi connectivity index (χ0) is 22.2. The number of nitrogens with one attached hydrogen (secondary N) is 2. The van der Waals surface area contributed by atoms with Crippen LogP contribution in [0.2, 0.25) is 0 Å². The molecule has 0 unspecified atom stereocenters. The number of allylic oxidation sites excluding steroid dienone is 1. The third-order valence-corrected chi connectivity index (χ3v) is 5.07. The molecule has 2 aliphatic heterocycles. The monoisotopic (exact) mass is 410 g/mol. The van der Waals surface area contributed by atoms with Gasteiger partial charge in [-0.15, -0.1) is 0 Å².